The van der Waals surface area contributed by atoms with Gasteiger partial charge in [-0.15, -0.1) is 0 Å². The maximum atomic E-state index is 14.3. The second-order valence-corrected chi connectivity index (χ2v) is 8.85. The van der Waals surface area contributed by atoms with Crippen LogP contribution in [-0.4, -0.2) is 33.4 Å². The van der Waals surface area contributed by atoms with E-state index in [1.807, 2.05) is 19.1 Å². The van der Waals surface area contributed by atoms with Crippen molar-refractivity contribution in [1.82, 2.24) is 10.0 Å². The predicted molar refractivity (Wildman–Crippen MR) is 110 cm³/mol. The molecule has 2 rings (SSSR count). The number of ether oxygens (including phenoxy) is 1. The summed E-state index contributed by atoms with van der Waals surface area (Å²) in [4.78, 5) is 24.3. The van der Waals surface area contributed by atoms with Crippen LogP contribution in [0.2, 0.25) is 0 Å². The van der Waals surface area contributed by atoms with E-state index in [1.54, 1.807) is 26.0 Å². The van der Waals surface area contributed by atoms with E-state index in [9.17, 15) is 22.4 Å². The van der Waals surface area contributed by atoms with E-state index in [0.29, 0.717) is 5.56 Å². The van der Waals surface area contributed by atoms with E-state index in [4.69, 9.17) is 0 Å². The number of sulfonamides is 1. The lowest BCUT2D eigenvalue weighted by Crippen LogP contribution is -2.32. The Labute approximate surface area is 175 Å². The van der Waals surface area contributed by atoms with Crippen molar-refractivity contribution in [3.8, 4) is 0 Å². The molecule has 9 heteroatoms. The summed E-state index contributed by atoms with van der Waals surface area (Å²) in [5.41, 5.74) is 1.18. The van der Waals surface area contributed by atoms with Crippen LogP contribution in [0.4, 0.5) is 4.39 Å². The maximum absolute atomic E-state index is 14.3. The highest BCUT2D eigenvalue weighted by Crippen LogP contribution is 2.21. The number of hydrogen-bond acceptors (Lipinski definition) is 5. The number of carbonyl (C=O) groups excluding carboxylic acids is 2. The molecular formula is C21H25FN2O5S. The molecule has 162 valence electrons. The fourth-order valence-electron chi connectivity index (χ4n) is 2.76. The summed E-state index contributed by atoms with van der Waals surface area (Å²) in [6.07, 6.45) is -0.167. The molecule has 0 aliphatic rings. The number of esters is 1. The molecule has 1 atom stereocenters. The summed E-state index contributed by atoms with van der Waals surface area (Å²) in [7, 11) is -2.68. The number of halogens is 1. The molecule has 0 bridgehead atoms. The zero-order valence-corrected chi connectivity index (χ0v) is 18.0. The molecule has 0 aliphatic carbocycles. The molecule has 0 saturated heterocycles. The number of methoxy groups -OCH3 is 1. The van der Waals surface area contributed by atoms with Crippen molar-refractivity contribution in [2.75, 3.05) is 7.11 Å². The van der Waals surface area contributed by atoms with E-state index in [0.717, 1.165) is 23.8 Å². The third-order valence-corrected chi connectivity index (χ3v) is 5.92. The van der Waals surface area contributed by atoms with E-state index < -0.39 is 39.3 Å². The number of carbonyl (C=O) groups is 2. The van der Waals surface area contributed by atoms with Gasteiger partial charge in [0.05, 0.1) is 30.0 Å². The number of amides is 1. The molecule has 30 heavy (non-hydrogen) atoms. The average Bonchev–Trinajstić information content (AvgIpc) is 2.67. The number of rotatable bonds is 8. The number of nitrogens with one attached hydrogen (secondary N) is 2. The van der Waals surface area contributed by atoms with Crippen molar-refractivity contribution >= 4 is 21.9 Å². The Morgan fingerprint density at radius 2 is 1.73 bits per heavy atom. The molecule has 0 fully saturated rings. The molecule has 0 radical (unpaired) electrons. The van der Waals surface area contributed by atoms with E-state index in [2.05, 4.69) is 14.8 Å². The smallest absolute Gasteiger partial charge is 0.307 e. The predicted octanol–water partition coefficient (Wildman–Crippen LogP) is 2.86. The van der Waals surface area contributed by atoms with Gasteiger partial charge in [0.25, 0.3) is 5.91 Å². The summed E-state index contributed by atoms with van der Waals surface area (Å²) in [5.74, 6) is -2.28. The van der Waals surface area contributed by atoms with Gasteiger partial charge in [-0.25, -0.2) is 17.5 Å². The van der Waals surface area contributed by atoms with Crippen molar-refractivity contribution in [3.63, 3.8) is 0 Å². The van der Waals surface area contributed by atoms with Gasteiger partial charge in [0.1, 0.15) is 5.82 Å². The van der Waals surface area contributed by atoms with Crippen molar-refractivity contribution in [2.45, 2.75) is 44.2 Å². The second-order valence-electron chi connectivity index (χ2n) is 7.13. The summed E-state index contributed by atoms with van der Waals surface area (Å²) >= 11 is 0. The Hall–Kier alpha value is -2.78. The highest BCUT2D eigenvalue weighted by molar-refractivity contribution is 7.89. The molecule has 2 aromatic carbocycles. The van der Waals surface area contributed by atoms with Crippen LogP contribution in [0, 0.1) is 12.7 Å². The third kappa shape index (κ3) is 6.11. The Balaban J connectivity index is 2.36. The summed E-state index contributed by atoms with van der Waals surface area (Å²) in [6.45, 7) is 5.19. The van der Waals surface area contributed by atoms with Gasteiger partial charge in [-0.05, 0) is 44.5 Å². The SMILES string of the molecule is COC(=O)CC(NC(=O)c1cc(S(=O)(=O)NC(C)C)ccc1F)c1ccc(C)cc1. The molecule has 0 saturated carbocycles. The molecule has 1 amide bonds. The van der Waals surface area contributed by atoms with Crippen LogP contribution in [0.3, 0.4) is 0 Å². The molecule has 0 aliphatic heterocycles. The lowest BCUT2D eigenvalue weighted by Gasteiger charge is -2.19. The summed E-state index contributed by atoms with van der Waals surface area (Å²) < 4.78 is 46.1. The molecule has 0 spiro atoms. The molecule has 2 N–H and O–H groups in total. The first-order chi connectivity index (χ1) is 14.0. The van der Waals surface area contributed by atoms with Crippen LogP contribution in [0.5, 0.6) is 0 Å². The van der Waals surface area contributed by atoms with Gasteiger partial charge in [0.15, 0.2) is 0 Å². The quantitative estimate of drug-likeness (QED) is 0.620. The van der Waals surface area contributed by atoms with E-state index in [1.165, 1.54) is 7.11 Å². The molecule has 7 nitrogen and oxygen atoms in total. The van der Waals surface area contributed by atoms with Crippen LogP contribution in [0.1, 0.15) is 47.8 Å². The third-order valence-electron chi connectivity index (χ3n) is 4.27. The highest BCUT2D eigenvalue weighted by atomic mass is 32.2. The Morgan fingerprint density at radius 1 is 1.10 bits per heavy atom. The molecular weight excluding hydrogens is 411 g/mol. The normalized spacial score (nSPS) is 12.5. The zero-order chi connectivity index (χ0) is 22.5. The first-order valence-electron chi connectivity index (χ1n) is 9.29. The largest absolute Gasteiger partial charge is 0.469 e. The average molecular weight is 437 g/mol. The van der Waals surface area contributed by atoms with Crippen molar-refractivity contribution in [2.24, 2.45) is 0 Å². The first-order valence-corrected chi connectivity index (χ1v) is 10.8. The van der Waals surface area contributed by atoms with Crippen molar-refractivity contribution < 1.29 is 27.1 Å². The van der Waals surface area contributed by atoms with Gasteiger partial charge < -0.3 is 10.1 Å². The number of hydrogen-bond donors (Lipinski definition) is 2. The van der Waals surface area contributed by atoms with Crippen molar-refractivity contribution in [1.29, 1.82) is 0 Å². The topological polar surface area (TPSA) is 102 Å². The fraction of sp³-hybridized carbons (Fsp3) is 0.333. The standard InChI is InChI=1S/C21H25FN2O5S/c1-13(2)24-30(27,28)16-9-10-18(22)17(11-16)21(26)23-19(12-20(25)29-4)15-7-5-14(3)6-8-15/h5-11,13,19,24H,12H2,1-4H3,(H,23,26). The highest BCUT2D eigenvalue weighted by Gasteiger charge is 2.24. The van der Waals surface area contributed by atoms with Gasteiger partial charge in [0.2, 0.25) is 10.0 Å². The fourth-order valence-corrected chi connectivity index (χ4v) is 4.04. The van der Waals surface area contributed by atoms with Crippen LogP contribution >= 0.6 is 0 Å². The second kappa shape index (κ2) is 9.82. The van der Waals surface area contributed by atoms with Gasteiger partial charge in [0, 0.05) is 6.04 Å². The summed E-state index contributed by atoms with van der Waals surface area (Å²) in [5, 5.41) is 2.60. The van der Waals surface area contributed by atoms with E-state index in [-0.39, 0.29) is 17.4 Å². The zero-order valence-electron chi connectivity index (χ0n) is 17.2. The minimum absolute atomic E-state index is 0.167. The minimum atomic E-state index is -3.91. The molecule has 1 unspecified atom stereocenters. The Morgan fingerprint density at radius 3 is 2.30 bits per heavy atom. The molecule has 0 heterocycles. The Kier molecular flexibility index (Phi) is 7.69. The van der Waals surface area contributed by atoms with Crippen molar-refractivity contribution in [3.05, 3.63) is 65.0 Å². The first kappa shape index (κ1) is 23.5. The van der Waals surface area contributed by atoms with Gasteiger partial charge in [-0.3, -0.25) is 9.59 Å². The number of benzene rings is 2. The van der Waals surface area contributed by atoms with Crippen LogP contribution in [0.15, 0.2) is 47.4 Å². The summed E-state index contributed by atoms with van der Waals surface area (Å²) in [6, 6.07) is 8.95. The maximum Gasteiger partial charge on any atom is 0.307 e. The Bertz CT molecular complexity index is 1020. The van der Waals surface area contributed by atoms with Gasteiger partial charge >= 0.3 is 5.97 Å². The van der Waals surface area contributed by atoms with Crippen LogP contribution < -0.4 is 10.0 Å². The lowest BCUT2D eigenvalue weighted by atomic mass is 10.0. The van der Waals surface area contributed by atoms with Gasteiger partial charge in [-0.1, -0.05) is 29.8 Å². The number of aryl methyl sites for hydroxylation is 1. The van der Waals surface area contributed by atoms with Crippen LogP contribution in [0.25, 0.3) is 0 Å². The molecule has 0 aromatic heterocycles. The minimum Gasteiger partial charge on any atom is -0.469 e. The van der Waals surface area contributed by atoms with E-state index >= 15 is 0 Å². The lowest BCUT2D eigenvalue weighted by molar-refractivity contribution is -0.141. The van der Waals surface area contributed by atoms with Gasteiger partial charge in [-0.2, -0.15) is 0 Å². The molecule has 2 aromatic rings. The monoisotopic (exact) mass is 436 g/mol. The van der Waals surface area contributed by atoms with Crippen LogP contribution in [-0.2, 0) is 19.6 Å².